The Hall–Kier alpha value is -2.58. The number of fused-ring (bicyclic) bond motifs is 3. The van der Waals surface area contributed by atoms with Gasteiger partial charge in [-0.05, 0) is 54.5 Å². The lowest BCUT2D eigenvalue weighted by molar-refractivity contribution is -0.124. The van der Waals surface area contributed by atoms with E-state index in [1.165, 1.54) is 21.7 Å². The molecule has 0 spiro atoms. The van der Waals surface area contributed by atoms with Gasteiger partial charge < -0.3 is 9.88 Å². The second-order valence-electron chi connectivity index (χ2n) is 7.54. The van der Waals surface area contributed by atoms with Crippen molar-refractivity contribution in [3.8, 4) is 6.07 Å². The van der Waals surface area contributed by atoms with Crippen LogP contribution in [0.3, 0.4) is 0 Å². The number of thiophene rings is 1. The van der Waals surface area contributed by atoms with Crippen molar-refractivity contribution in [3.63, 3.8) is 0 Å². The number of carbonyl (C=O) groups is 1. The molecule has 3 aromatic rings. The molecular formula is C22H23N3OS. The normalized spacial score (nSPS) is 16.3. The number of nitriles is 1. The summed E-state index contributed by atoms with van der Waals surface area (Å²) in [6.07, 6.45) is 2.73. The van der Waals surface area contributed by atoms with Crippen LogP contribution in [-0.4, -0.2) is 16.5 Å². The highest BCUT2D eigenvalue weighted by Gasteiger charge is 2.27. The predicted octanol–water partition coefficient (Wildman–Crippen LogP) is 4.25. The van der Waals surface area contributed by atoms with Crippen LogP contribution in [0.25, 0.3) is 10.9 Å². The molecule has 2 aromatic heterocycles. The molecule has 1 amide bonds. The zero-order valence-corrected chi connectivity index (χ0v) is 16.5. The van der Waals surface area contributed by atoms with Crippen LogP contribution < -0.4 is 5.32 Å². The quantitative estimate of drug-likeness (QED) is 0.739. The fraction of sp³-hybridized carbons (Fsp3) is 0.364. The van der Waals surface area contributed by atoms with Crippen molar-refractivity contribution in [3.05, 3.63) is 57.4 Å². The Morgan fingerprint density at radius 2 is 2.26 bits per heavy atom. The number of rotatable bonds is 4. The monoisotopic (exact) mass is 377 g/mol. The van der Waals surface area contributed by atoms with Gasteiger partial charge >= 0.3 is 0 Å². The van der Waals surface area contributed by atoms with Crippen LogP contribution in [-0.2, 0) is 24.2 Å². The van der Waals surface area contributed by atoms with Crippen LogP contribution >= 0.6 is 11.3 Å². The van der Waals surface area contributed by atoms with E-state index in [9.17, 15) is 10.1 Å². The molecule has 4 rings (SSSR count). The average Bonchev–Trinajstić information content (AvgIpc) is 3.28. The third-order valence-electron chi connectivity index (χ3n) is 5.36. The fourth-order valence-electron chi connectivity index (χ4n) is 3.95. The van der Waals surface area contributed by atoms with Gasteiger partial charge in [-0.1, -0.05) is 19.9 Å². The SMILES string of the molecule is CC(C)C(=O)NC1CCc2c(c3cc(C#N)ccc3n2Cc2cccs2)C1. The molecule has 0 radical (unpaired) electrons. The average molecular weight is 378 g/mol. The van der Waals surface area contributed by atoms with Gasteiger partial charge in [0.15, 0.2) is 0 Å². The second kappa shape index (κ2) is 7.21. The first-order valence-electron chi connectivity index (χ1n) is 9.43. The maximum Gasteiger partial charge on any atom is 0.222 e. The van der Waals surface area contributed by atoms with Crippen LogP contribution in [0.5, 0.6) is 0 Å². The molecule has 0 saturated carbocycles. The molecule has 1 atom stereocenters. The van der Waals surface area contributed by atoms with Gasteiger partial charge in [-0.3, -0.25) is 4.79 Å². The fourth-order valence-corrected chi connectivity index (χ4v) is 4.64. The molecule has 27 heavy (non-hydrogen) atoms. The molecule has 1 aromatic carbocycles. The molecule has 0 bridgehead atoms. The van der Waals surface area contributed by atoms with Crippen LogP contribution in [0, 0.1) is 17.2 Å². The molecule has 0 saturated heterocycles. The van der Waals surface area contributed by atoms with Gasteiger partial charge in [0.2, 0.25) is 5.91 Å². The van der Waals surface area contributed by atoms with Crippen LogP contribution in [0.4, 0.5) is 0 Å². The summed E-state index contributed by atoms with van der Waals surface area (Å²) in [6.45, 7) is 4.71. The Morgan fingerprint density at radius 3 is 2.96 bits per heavy atom. The summed E-state index contributed by atoms with van der Waals surface area (Å²) in [6, 6.07) is 12.7. The number of aromatic nitrogens is 1. The first-order valence-corrected chi connectivity index (χ1v) is 10.3. The van der Waals surface area contributed by atoms with E-state index in [1.807, 2.05) is 26.0 Å². The highest BCUT2D eigenvalue weighted by Crippen LogP contribution is 2.34. The smallest absolute Gasteiger partial charge is 0.222 e. The standard InChI is InChI=1S/C22H23N3OS/c1-14(2)22(26)24-16-6-8-21-19(11-16)18-10-15(12-23)5-7-20(18)25(21)13-17-4-3-9-27-17/h3-5,7,9-10,14,16H,6,8,11,13H2,1-2H3,(H,24,26). The minimum atomic E-state index is -0.00300. The number of nitrogens with zero attached hydrogens (tertiary/aromatic N) is 2. The molecule has 1 N–H and O–H groups in total. The molecule has 0 fully saturated rings. The van der Waals surface area contributed by atoms with Crippen LogP contribution in [0.2, 0.25) is 0 Å². The topological polar surface area (TPSA) is 57.8 Å². The maximum atomic E-state index is 12.1. The lowest BCUT2D eigenvalue weighted by Crippen LogP contribution is -2.41. The number of nitrogens with one attached hydrogen (secondary N) is 1. The third kappa shape index (κ3) is 3.38. The van der Waals surface area contributed by atoms with Crippen molar-refractivity contribution in [1.82, 2.24) is 9.88 Å². The van der Waals surface area contributed by atoms with Gasteiger partial charge in [0.05, 0.1) is 18.2 Å². The van der Waals surface area contributed by atoms with Crippen LogP contribution in [0.15, 0.2) is 35.7 Å². The minimum Gasteiger partial charge on any atom is -0.353 e. The highest BCUT2D eigenvalue weighted by molar-refractivity contribution is 7.09. The predicted molar refractivity (Wildman–Crippen MR) is 109 cm³/mol. The van der Waals surface area contributed by atoms with Crippen molar-refractivity contribution in [2.75, 3.05) is 0 Å². The van der Waals surface area contributed by atoms with Gasteiger partial charge in [0.1, 0.15) is 0 Å². The first kappa shape index (κ1) is 17.8. The molecule has 1 aliphatic rings. The summed E-state index contributed by atoms with van der Waals surface area (Å²) in [7, 11) is 0. The van der Waals surface area contributed by atoms with Crippen molar-refractivity contribution < 1.29 is 4.79 Å². The summed E-state index contributed by atoms with van der Waals surface area (Å²) in [4.78, 5) is 13.5. The van der Waals surface area contributed by atoms with Gasteiger partial charge in [0.25, 0.3) is 0 Å². The lowest BCUT2D eigenvalue weighted by Gasteiger charge is -2.25. The zero-order chi connectivity index (χ0) is 19.0. The molecule has 4 nitrogen and oxygen atoms in total. The Bertz CT molecular complexity index is 1020. The maximum absolute atomic E-state index is 12.1. The molecule has 1 aliphatic carbocycles. The van der Waals surface area contributed by atoms with E-state index in [2.05, 4.69) is 39.5 Å². The van der Waals surface area contributed by atoms with Gasteiger partial charge in [-0.25, -0.2) is 0 Å². The Morgan fingerprint density at radius 1 is 1.41 bits per heavy atom. The molecule has 138 valence electrons. The van der Waals surface area contributed by atoms with E-state index in [0.717, 1.165) is 31.2 Å². The largest absolute Gasteiger partial charge is 0.353 e. The Balaban J connectivity index is 1.75. The first-order chi connectivity index (χ1) is 13.1. The highest BCUT2D eigenvalue weighted by atomic mass is 32.1. The summed E-state index contributed by atoms with van der Waals surface area (Å²) in [5.74, 6) is 0.111. The third-order valence-corrected chi connectivity index (χ3v) is 6.22. The van der Waals surface area contributed by atoms with Crippen molar-refractivity contribution >= 4 is 28.1 Å². The number of hydrogen-bond donors (Lipinski definition) is 1. The molecule has 5 heteroatoms. The number of benzene rings is 1. The minimum absolute atomic E-state index is 0.00300. The number of carbonyl (C=O) groups excluding carboxylic acids is 1. The lowest BCUT2D eigenvalue weighted by atomic mass is 9.90. The summed E-state index contributed by atoms with van der Waals surface area (Å²) in [5, 5.41) is 15.8. The van der Waals surface area contributed by atoms with Crippen molar-refractivity contribution in [2.24, 2.45) is 5.92 Å². The van der Waals surface area contributed by atoms with Crippen molar-refractivity contribution in [1.29, 1.82) is 5.26 Å². The Kier molecular flexibility index (Phi) is 4.75. The summed E-state index contributed by atoms with van der Waals surface area (Å²) < 4.78 is 2.40. The molecule has 2 heterocycles. The van der Waals surface area contributed by atoms with Crippen molar-refractivity contribution in [2.45, 2.75) is 45.7 Å². The van der Waals surface area contributed by atoms with E-state index < -0.39 is 0 Å². The van der Waals surface area contributed by atoms with Gasteiger partial charge in [0, 0.05) is 33.4 Å². The summed E-state index contributed by atoms with van der Waals surface area (Å²) >= 11 is 1.77. The van der Waals surface area contributed by atoms with E-state index in [-0.39, 0.29) is 17.9 Å². The van der Waals surface area contributed by atoms with Gasteiger partial charge in [-0.2, -0.15) is 5.26 Å². The van der Waals surface area contributed by atoms with E-state index in [0.29, 0.717) is 5.56 Å². The Labute approximate surface area is 163 Å². The summed E-state index contributed by atoms with van der Waals surface area (Å²) in [5.41, 5.74) is 4.51. The van der Waals surface area contributed by atoms with E-state index >= 15 is 0 Å². The van der Waals surface area contributed by atoms with Gasteiger partial charge in [-0.15, -0.1) is 11.3 Å². The van der Waals surface area contributed by atoms with E-state index in [4.69, 9.17) is 0 Å². The zero-order valence-electron chi connectivity index (χ0n) is 15.7. The van der Waals surface area contributed by atoms with E-state index in [1.54, 1.807) is 11.3 Å². The number of amides is 1. The second-order valence-corrected chi connectivity index (χ2v) is 8.57. The molecule has 0 aliphatic heterocycles. The van der Waals surface area contributed by atoms with Crippen LogP contribution in [0.1, 0.15) is 42.0 Å². The number of hydrogen-bond acceptors (Lipinski definition) is 3. The molecular weight excluding hydrogens is 354 g/mol. The molecule has 1 unspecified atom stereocenters.